The van der Waals surface area contributed by atoms with Crippen LogP contribution in [0.2, 0.25) is 0 Å². The summed E-state index contributed by atoms with van der Waals surface area (Å²) in [5.41, 5.74) is 1.37. The van der Waals surface area contributed by atoms with E-state index in [4.69, 9.17) is 4.74 Å². The second kappa shape index (κ2) is 12.4. The van der Waals surface area contributed by atoms with E-state index in [0.29, 0.717) is 38.5 Å². The maximum atomic E-state index is 13.1. The Morgan fingerprint density at radius 1 is 1.06 bits per heavy atom. The molecule has 0 spiro atoms. The normalized spacial score (nSPS) is 15.3. The van der Waals surface area contributed by atoms with Gasteiger partial charge in [0.25, 0.3) is 0 Å². The van der Waals surface area contributed by atoms with Gasteiger partial charge in [-0.2, -0.15) is 4.31 Å². The SMILES string of the molecule is CCCN(CCC)CC(=O)Nc1cc(S(=O)(=O)N2CCOCC2)ccc1N(CC)CC. The van der Waals surface area contributed by atoms with E-state index in [1.165, 1.54) is 4.31 Å². The quantitative estimate of drug-likeness (QED) is 0.523. The minimum absolute atomic E-state index is 0.128. The van der Waals surface area contributed by atoms with Gasteiger partial charge in [-0.25, -0.2) is 8.42 Å². The Balaban J connectivity index is 2.32. The van der Waals surface area contributed by atoms with E-state index in [-0.39, 0.29) is 10.8 Å². The number of ether oxygens (including phenoxy) is 1. The zero-order valence-corrected chi connectivity index (χ0v) is 20.2. The smallest absolute Gasteiger partial charge is 0.243 e. The molecule has 1 amide bonds. The minimum Gasteiger partial charge on any atom is -0.379 e. The van der Waals surface area contributed by atoms with Gasteiger partial charge >= 0.3 is 0 Å². The molecule has 0 bridgehead atoms. The predicted molar refractivity (Wildman–Crippen MR) is 125 cm³/mol. The fraction of sp³-hybridized carbons (Fsp3) is 0.682. The zero-order chi connectivity index (χ0) is 22.9. The summed E-state index contributed by atoms with van der Waals surface area (Å²) in [6, 6.07) is 5.03. The van der Waals surface area contributed by atoms with Crippen LogP contribution in [0.5, 0.6) is 0 Å². The number of anilines is 2. The molecule has 0 saturated carbocycles. The molecule has 31 heavy (non-hydrogen) atoms. The molecule has 176 valence electrons. The summed E-state index contributed by atoms with van der Waals surface area (Å²) < 4.78 is 33.0. The van der Waals surface area contributed by atoms with Gasteiger partial charge in [0.15, 0.2) is 0 Å². The second-order valence-corrected chi connectivity index (χ2v) is 9.63. The Morgan fingerprint density at radius 2 is 1.68 bits per heavy atom. The van der Waals surface area contributed by atoms with Crippen LogP contribution in [-0.4, -0.2) is 82.6 Å². The van der Waals surface area contributed by atoms with E-state index in [1.54, 1.807) is 18.2 Å². The highest BCUT2D eigenvalue weighted by Gasteiger charge is 2.27. The molecule has 1 aliphatic heterocycles. The van der Waals surface area contributed by atoms with Gasteiger partial charge in [0, 0.05) is 26.2 Å². The molecular weight excluding hydrogens is 416 g/mol. The van der Waals surface area contributed by atoms with Crippen LogP contribution < -0.4 is 10.2 Å². The van der Waals surface area contributed by atoms with Gasteiger partial charge in [0.2, 0.25) is 15.9 Å². The van der Waals surface area contributed by atoms with E-state index in [0.717, 1.165) is 44.7 Å². The average molecular weight is 455 g/mol. The number of rotatable bonds is 12. The molecule has 1 saturated heterocycles. The lowest BCUT2D eigenvalue weighted by atomic mass is 10.2. The summed E-state index contributed by atoms with van der Waals surface area (Å²) in [5, 5.41) is 2.99. The highest BCUT2D eigenvalue weighted by atomic mass is 32.2. The van der Waals surface area contributed by atoms with Crippen LogP contribution in [0.1, 0.15) is 40.5 Å². The third kappa shape index (κ3) is 6.90. The van der Waals surface area contributed by atoms with E-state index in [2.05, 4.69) is 29.0 Å². The van der Waals surface area contributed by atoms with Crippen LogP contribution in [0.15, 0.2) is 23.1 Å². The molecule has 9 heteroatoms. The van der Waals surface area contributed by atoms with Crippen molar-refractivity contribution in [1.82, 2.24) is 9.21 Å². The molecule has 1 fully saturated rings. The van der Waals surface area contributed by atoms with Crippen molar-refractivity contribution in [3.63, 3.8) is 0 Å². The number of sulfonamides is 1. The lowest BCUT2D eigenvalue weighted by Crippen LogP contribution is -2.40. The molecule has 0 radical (unpaired) electrons. The van der Waals surface area contributed by atoms with E-state index in [9.17, 15) is 13.2 Å². The number of nitrogens with one attached hydrogen (secondary N) is 1. The molecule has 8 nitrogen and oxygen atoms in total. The Morgan fingerprint density at radius 3 is 2.23 bits per heavy atom. The average Bonchev–Trinajstić information content (AvgIpc) is 2.76. The van der Waals surface area contributed by atoms with Crippen molar-refractivity contribution in [2.75, 3.05) is 69.2 Å². The summed E-state index contributed by atoms with van der Waals surface area (Å²) in [5.74, 6) is -0.128. The van der Waals surface area contributed by atoms with Gasteiger partial charge in [0.1, 0.15) is 0 Å². The van der Waals surface area contributed by atoms with Crippen LogP contribution in [0, 0.1) is 0 Å². The van der Waals surface area contributed by atoms with Crippen LogP contribution >= 0.6 is 0 Å². The topological polar surface area (TPSA) is 82.2 Å². The molecule has 0 atom stereocenters. The van der Waals surface area contributed by atoms with Crippen molar-refractivity contribution < 1.29 is 17.9 Å². The molecule has 0 aliphatic carbocycles. The van der Waals surface area contributed by atoms with Crippen LogP contribution in [0.3, 0.4) is 0 Å². The number of hydrogen-bond acceptors (Lipinski definition) is 6. The van der Waals surface area contributed by atoms with Crippen LogP contribution in [0.25, 0.3) is 0 Å². The van der Waals surface area contributed by atoms with Gasteiger partial charge in [0.05, 0.1) is 36.0 Å². The number of carbonyl (C=O) groups is 1. The van der Waals surface area contributed by atoms with Gasteiger partial charge < -0.3 is 15.0 Å². The highest BCUT2D eigenvalue weighted by Crippen LogP contribution is 2.30. The van der Waals surface area contributed by atoms with E-state index < -0.39 is 10.0 Å². The molecule has 0 aromatic heterocycles. The van der Waals surface area contributed by atoms with Crippen LogP contribution in [-0.2, 0) is 19.6 Å². The Kier molecular flexibility index (Phi) is 10.2. The highest BCUT2D eigenvalue weighted by molar-refractivity contribution is 7.89. The van der Waals surface area contributed by atoms with Gasteiger partial charge in [-0.3, -0.25) is 9.69 Å². The Bertz CT molecular complexity index is 800. The third-order valence-corrected chi connectivity index (χ3v) is 7.30. The summed E-state index contributed by atoms with van der Waals surface area (Å²) in [6.45, 7) is 13.3. The molecule has 1 heterocycles. The van der Waals surface area contributed by atoms with E-state index >= 15 is 0 Å². The molecule has 0 unspecified atom stereocenters. The predicted octanol–water partition coefficient (Wildman–Crippen LogP) is 2.61. The van der Waals surface area contributed by atoms with Crippen molar-refractivity contribution in [3.8, 4) is 0 Å². The summed E-state index contributed by atoms with van der Waals surface area (Å²) in [4.78, 5) is 17.3. The maximum absolute atomic E-state index is 13.1. The number of carbonyl (C=O) groups excluding carboxylic acids is 1. The lowest BCUT2D eigenvalue weighted by Gasteiger charge is -2.28. The van der Waals surface area contributed by atoms with Crippen LogP contribution in [0.4, 0.5) is 11.4 Å². The first-order chi connectivity index (χ1) is 14.9. The fourth-order valence-electron chi connectivity index (χ4n) is 3.85. The number of amides is 1. The zero-order valence-electron chi connectivity index (χ0n) is 19.4. The molecule has 1 aromatic carbocycles. The molecule has 2 rings (SSSR count). The second-order valence-electron chi connectivity index (χ2n) is 7.69. The molecular formula is C22H38N4O4S. The van der Waals surface area contributed by atoms with Gasteiger partial charge in [-0.15, -0.1) is 0 Å². The first-order valence-electron chi connectivity index (χ1n) is 11.4. The fourth-order valence-corrected chi connectivity index (χ4v) is 5.28. The monoisotopic (exact) mass is 454 g/mol. The summed E-state index contributed by atoms with van der Waals surface area (Å²) in [6.07, 6.45) is 1.95. The van der Waals surface area contributed by atoms with Crippen molar-refractivity contribution >= 4 is 27.3 Å². The Hall–Kier alpha value is -1.68. The number of benzene rings is 1. The lowest BCUT2D eigenvalue weighted by molar-refractivity contribution is -0.117. The van der Waals surface area contributed by atoms with E-state index in [1.807, 2.05) is 13.8 Å². The third-order valence-electron chi connectivity index (χ3n) is 5.40. The molecule has 1 aliphatic rings. The maximum Gasteiger partial charge on any atom is 0.243 e. The number of hydrogen-bond donors (Lipinski definition) is 1. The van der Waals surface area contributed by atoms with Crippen molar-refractivity contribution in [2.45, 2.75) is 45.4 Å². The van der Waals surface area contributed by atoms with Gasteiger partial charge in [-0.05, 0) is 58.0 Å². The Labute approximate surface area is 187 Å². The standard InChI is InChI=1S/C22H38N4O4S/c1-5-11-24(12-6-2)18-22(27)23-20-17-19(9-10-21(20)25(7-3)8-4)31(28,29)26-13-15-30-16-14-26/h9-10,17H,5-8,11-16,18H2,1-4H3,(H,23,27). The van der Waals surface area contributed by atoms with Crippen molar-refractivity contribution in [3.05, 3.63) is 18.2 Å². The first-order valence-corrected chi connectivity index (χ1v) is 12.8. The largest absolute Gasteiger partial charge is 0.379 e. The number of morpholine rings is 1. The summed E-state index contributed by atoms with van der Waals surface area (Å²) in [7, 11) is -3.64. The molecule has 1 N–H and O–H groups in total. The van der Waals surface area contributed by atoms with Crippen molar-refractivity contribution in [2.24, 2.45) is 0 Å². The van der Waals surface area contributed by atoms with Gasteiger partial charge in [-0.1, -0.05) is 13.8 Å². The minimum atomic E-state index is -3.64. The molecule has 1 aromatic rings. The summed E-state index contributed by atoms with van der Waals surface area (Å²) >= 11 is 0. The first kappa shape index (κ1) is 25.6. The van der Waals surface area contributed by atoms with Crippen molar-refractivity contribution in [1.29, 1.82) is 0 Å². The number of nitrogens with zero attached hydrogens (tertiary/aromatic N) is 3.